The smallest absolute Gasteiger partial charge is 0.322 e. The Bertz CT molecular complexity index is 3260. The Morgan fingerprint density at radius 1 is 0.704 bits per heavy atom. The van der Waals surface area contributed by atoms with Gasteiger partial charge in [0.05, 0.1) is 32.5 Å². The first-order valence-corrected chi connectivity index (χ1v) is 25.7. The first-order valence-electron chi connectivity index (χ1n) is 22.4. The number of hydrogen-bond acceptors (Lipinski definition) is 15. The number of carbonyl (C=O) groups is 2. The number of carbonyl (C=O) groups excluding carboxylic acids is 1. The van der Waals surface area contributed by atoms with Gasteiger partial charge in [-0.15, -0.1) is 0 Å². The van der Waals surface area contributed by atoms with Gasteiger partial charge in [-0.3, -0.25) is 9.59 Å². The molecule has 0 unspecified atom stereocenters. The van der Waals surface area contributed by atoms with Crippen LogP contribution in [0.4, 0.5) is 11.4 Å². The number of benzene rings is 4. The number of carboxylic acid groups (broad SMARTS) is 1. The van der Waals surface area contributed by atoms with Crippen molar-refractivity contribution >= 4 is 43.4 Å². The summed E-state index contributed by atoms with van der Waals surface area (Å²) in [5.41, 5.74) is 6.69. The second-order valence-corrected chi connectivity index (χ2v) is 20.6. The van der Waals surface area contributed by atoms with Gasteiger partial charge >= 0.3 is 11.9 Å². The monoisotopic (exact) mass is 1010 g/mol. The number of esters is 1. The second kappa shape index (κ2) is 22.1. The number of nitrogens with one attached hydrogen (secondary N) is 2. The van der Waals surface area contributed by atoms with Gasteiger partial charge in [-0.1, -0.05) is 46.7 Å². The minimum atomic E-state index is -3.98. The highest BCUT2D eigenvalue weighted by Crippen LogP contribution is 2.40. The summed E-state index contributed by atoms with van der Waals surface area (Å²) < 4.78 is 81.3. The molecular formula is C49H50N8O12S2. The summed E-state index contributed by atoms with van der Waals surface area (Å²) in [6, 6.07) is 20.2. The van der Waals surface area contributed by atoms with Crippen molar-refractivity contribution in [2.45, 2.75) is 90.5 Å². The lowest BCUT2D eigenvalue weighted by Gasteiger charge is -2.27. The zero-order valence-corrected chi connectivity index (χ0v) is 41.0. The van der Waals surface area contributed by atoms with Crippen molar-refractivity contribution in [1.29, 1.82) is 0 Å². The molecule has 0 bridgehead atoms. The van der Waals surface area contributed by atoms with E-state index in [4.69, 9.17) is 36.8 Å². The molecule has 6 aromatic rings. The maximum absolute atomic E-state index is 12.4. The first kappa shape index (κ1) is 51.4. The van der Waals surface area contributed by atoms with Crippen molar-refractivity contribution in [1.82, 2.24) is 29.7 Å². The van der Waals surface area contributed by atoms with Gasteiger partial charge in [0.25, 0.3) is 11.8 Å². The predicted octanol–water partition coefficient (Wildman–Crippen LogP) is 8.33. The molecule has 8 rings (SSSR count). The molecule has 2 aromatic heterocycles. The quantitative estimate of drug-likeness (QED) is 0.0608. The van der Waals surface area contributed by atoms with Gasteiger partial charge in [0.1, 0.15) is 11.5 Å². The van der Waals surface area contributed by atoms with Crippen molar-refractivity contribution in [2.75, 3.05) is 18.6 Å². The average molecular weight is 1010 g/mol. The number of aliphatic carboxylic acids is 1. The highest BCUT2D eigenvalue weighted by Gasteiger charge is 2.31. The lowest BCUT2D eigenvalue weighted by atomic mass is 9.85. The minimum absolute atomic E-state index is 0.0654. The number of methoxy groups -OCH3 is 1. The van der Waals surface area contributed by atoms with E-state index < -0.39 is 55.6 Å². The van der Waals surface area contributed by atoms with Gasteiger partial charge in [0, 0.05) is 34.3 Å². The first-order chi connectivity index (χ1) is 33.9. The third-order valence-electron chi connectivity index (χ3n) is 11.2. The highest BCUT2D eigenvalue weighted by atomic mass is 32.2. The number of nitrogens with zero attached hydrogens (tertiary/aromatic N) is 6. The molecule has 0 spiro atoms. The molecule has 22 heteroatoms. The predicted molar refractivity (Wildman–Crippen MR) is 259 cm³/mol. The number of rotatable bonds is 16. The number of carboxylic acids is 1. The Morgan fingerprint density at radius 3 is 1.54 bits per heavy atom. The van der Waals surface area contributed by atoms with E-state index in [0.29, 0.717) is 83.3 Å². The molecule has 0 fully saturated rings. The molecular weight excluding hydrogens is 957 g/mol. The largest absolute Gasteiger partial charge is 0.502 e. The zero-order valence-electron chi connectivity index (χ0n) is 39.3. The molecule has 20 nitrogen and oxygen atoms in total. The van der Waals surface area contributed by atoms with Crippen LogP contribution >= 0.6 is 0 Å². The summed E-state index contributed by atoms with van der Waals surface area (Å²) >= 11 is 0. The fraction of sp³-hybridized carbons (Fsp3) is 0.347. The Hall–Kier alpha value is -7.50. The molecule has 2 atom stereocenters. The van der Waals surface area contributed by atoms with E-state index in [1.165, 1.54) is 0 Å². The standard InChI is InChI=1S/C25H26N4O6S.C24H24N4O6S/c1-15(2)34-22-12-11-16(13-21(22)26-3)25-27-24(28-35-25)19-9-5-8-18-17(19)7-6-10-20(18)29-36(31,32)14-23(30)33-4;1-14(2)33-21-11-10-15(12-20(21)25-3)24-26-23(27-34-24)18-8-4-7-17-16(18)6-5-9-19(17)28-35(31,32)13-22(29)30/h5,8-9,11-13,15,20,29H,6-7,10,14H2,1-2,4H3;4,7-8,10-12,14,19,28H,5-6,9,13H2,1-2H3,(H,29,30)/t20-;19-/m11/s1. The van der Waals surface area contributed by atoms with Gasteiger partial charge < -0.3 is 28.4 Å². The molecule has 2 aliphatic carbocycles. The molecule has 71 heavy (non-hydrogen) atoms. The Kier molecular flexibility index (Phi) is 16.0. The molecule has 370 valence electrons. The van der Waals surface area contributed by atoms with Gasteiger partial charge in [-0.05, 0) is 125 Å². The topological polar surface area (TPSA) is 261 Å². The number of ether oxygens (including phenoxy) is 3. The van der Waals surface area contributed by atoms with Crippen molar-refractivity contribution in [3.05, 3.63) is 118 Å². The van der Waals surface area contributed by atoms with E-state index in [9.17, 15) is 26.4 Å². The van der Waals surface area contributed by atoms with Crippen LogP contribution in [0.5, 0.6) is 11.5 Å². The van der Waals surface area contributed by atoms with E-state index in [0.717, 1.165) is 41.3 Å². The van der Waals surface area contributed by atoms with Crippen molar-refractivity contribution in [3.8, 4) is 57.2 Å². The fourth-order valence-electron chi connectivity index (χ4n) is 8.34. The second-order valence-electron chi connectivity index (χ2n) is 17.1. The minimum Gasteiger partial charge on any atom is -0.502 e. The summed E-state index contributed by atoms with van der Waals surface area (Å²) in [7, 11) is -6.71. The van der Waals surface area contributed by atoms with Gasteiger partial charge in [0.15, 0.2) is 11.5 Å². The number of hydrogen-bond donors (Lipinski definition) is 3. The van der Waals surface area contributed by atoms with Crippen molar-refractivity contribution in [2.24, 2.45) is 0 Å². The third-order valence-corrected chi connectivity index (χ3v) is 13.7. The summed E-state index contributed by atoms with van der Waals surface area (Å²) in [4.78, 5) is 38.5. The van der Waals surface area contributed by atoms with Crippen LogP contribution in [0.3, 0.4) is 0 Å². The Morgan fingerprint density at radius 2 is 1.14 bits per heavy atom. The van der Waals surface area contributed by atoms with E-state index >= 15 is 0 Å². The molecule has 0 radical (unpaired) electrons. The van der Waals surface area contributed by atoms with Crippen LogP contribution in [-0.2, 0) is 47.2 Å². The number of aromatic nitrogens is 4. The van der Waals surface area contributed by atoms with Gasteiger partial charge in [0.2, 0.25) is 43.1 Å². The van der Waals surface area contributed by atoms with Crippen LogP contribution < -0.4 is 18.9 Å². The van der Waals surface area contributed by atoms with Crippen LogP contribution in [-0.4, -0.2) is 85.0 Å². The number of fused-ring (bicyclic) bond motifs is 2. The molecule has 0 aliphatic heterocycles. The molecule has 0 saturated carbocycles. The summed E-state index contributed by atoms with van der Waals surface area (Å²) in [6.45, 7) is 22.5. The molecule has 0 saturated heterocycles. The van der Waals surface area contributed by atoms with Crippen LogP contribution in [0.25, 0.3) is 55.4 Å². The Balaban J connectivity index is 0.000000209. The molecule has 0 amide bonds. The maximum atomic E-state index is 12.4. The molecule has 2 heterocycles. The lowest BCUT2D eigenvalue weighted by Crippen LogP contribution is -2.35. The van der Waals surface area contributed by atoms with Gasteiger partial charge in [-0.25, -0.2) is 36.0 Å². The van der Waals surface area contributed by atoms with E-state index in [-0.39, 0.29) is 24.0 Å². The van der Waals surface area contributed by atoms with E-state index in [2.05, 4.69) is 44.2 Å². The summed E-state index contributed by atoms with van der Waals surface area (Å²) in [5, 5.41) is 17.2. The van der Waals surface area contributed by atoms with Crippen LogP contribution in [0.15, 0.2) is 81.8 Å². The third kappa shape index (κ3) is 12.6. The van der Waals surface area contributed by atoms with Crippen molar-refractivity contribution < 1.29 is 54.8 Å². The van der Waals surface area contributed by atoms with Crippen LogP contribution in [0.1, 0.15) is 87.7 Å². The van der Waals surface area contributed by atoms with Gasteiger partial charge in [-0.2, -0.15) is 9.97 Å². The number of sulfonamides is 2. The van der Waals surface area contributed by atoms with E-state index in [1.54, 1.807) is 42.5 Å². The zero-order chi connectivity index (χ0) is 51.0. The average Bonchev–Trinajstić information content (AvgIpc) is 4.02. The maximum Gasteiger partial charge on any atom is 0.322 e. The lowest BCUT2D eigenvalue weighted by molar-refractivity contribution is -0.137. The fourth-order valence-corrected chi connectivity index (χ4v) is 10.6. The molecule has 4 aromatic carbocycles. The van der Waals surface area contributed by atoms with Crippen molar-refractivity contribution in [3.63, 3.8) is 0 Å². The van der Waals surface area contributed by atoms with Crippen LogP contribution in [0, 0.1) is 13.1 Å². The normalized spacial score (nSPS) is 15.3. The SMILES string of the molecule is [C-]#[N+]c1cc(-c2nc(-c3cccc4c3CCC[C@H]4NS(=O)(=O)CC(=O)O)no2)ccc1OC(C)C.[C-]#[N+]c1cc(-c2nc(-c3cccc4c3CCC[C@H]4NS(=O)(=O)CC(=O)OC)no2)ccc1OC(C)C. The van der Waals surface area contributed by atoms with E-state index in [1.807, 2.05) is 58.0 Å². The summed E-state index contributed by atoms with van der Waals surface area (Å²) in [5.74, 6) is -1.78. The Labute approximate surface area is 410 Å². The van der Waals surface area contributed by atoms with Crippen LogP contribution in [0.2, 0.25) is 0 Å². The molecule has 3 N–H and O–H groups in total. The summed E-state index contributed by atoms with van der Waals surface area (Å²) in [6.07, 6.45) is 3.87. The molecule has 2 aliphatic rings. The highest BCUT2D eigenvalue weighted by molar-refractivity contribution is 7.90.